The highest BCUT2D eigenvalue weighted by Crippen LogP contribution is 2.28. The van der Waals surface area contributed by atoms with Crippen molar-refractivity contribution < 1.29 is 13.9 Å². The molecule has 2 aromatic carbocycles. The number of amides is 1. The van der Waals surface area contributed by atoms with Gasteiger partial charge in [-0.3, -0.25) is 9.78 Å². The largest absolute Gasteiger partial charge is 0.496 e. The monoisotopic (exact) mass is 350 g/mol. The standard InChI is InChI=1S/C21H19FN2O2/c1-24(14-15-6-5-7-17(22)12-15)21(25)16-10-11-19(23-13-16)18-8-3-4-9-20(18)26-2/h3-13H,14H2,1-2H3. The summed E-state index contributed by atoms with van der Waals surface area (Å²) in [6.45, 7) is 0.324. The Balaban J connectivity index is 1.76. The quantitative estimate of drug-likeness (QED) is 0.694. The molecule has 0 saturated carbocycles. The molecule has 4 nitrogen and oxygen atoms in total. The van der Waals surface area contributed by atoms with Gasteiger partial charge < -0.3 is 9.64 Å². The zero-order valence-corrected chi connectivity index (χ0v) is 14.6. The molecule has 26 heavy (non-hydrogen) atoms. The van der Waals surface area contributed by atoms with E-state index in [9.17, 15) is 9.18 Å². The molecule has 0 saturated heterocycles. The Morgan fingerprint density at radius 3 is 2.62 bits per heavy atom. The molecule has 0 bridgehead atoms. The maximum atomic E-state index is 13.3. The van der Waals surface area contributed by atoms with E-state index in [1.165, 1.54) is 17.0 Å². The number of rotatable bonds is 5. The Bertz CT molecular complexity index is 910. The minimum absolute atomic E-state index is 0.173. The van der Waals surface area contributed by atoms with Gasteiger partial charge in [0.2, 0.25) is 0 Å². The van der Waals surface area contributed by atoms with E-state index < -0.39 is 0 Å². The number of halogens is 1. The summed E-state index contributed by atoms with van der Waals surface area (Å²) in [5.41, 5.74) is 2.80. The molecule has 0 spiro atoms. The highest BCUT2D eigenvalue weighted by molar-refractivity contribution is 5.94. The van der Waals surface area contributed by atoms with E-state index >= 15 is 0 Å². The first-order valence-electron chi connectivity index (χ1n) is 8.18. The molecule has 0 radical (unpaired) electrons. The molecule has 1 aromatic heterocycles. The average molecular weight is 350 g/mol. The zero-order valence-electron chi connectivity index (χ0n) is 14.6. The smallest absolute Gasteiger partial charge is 0.255 e. The van der Waals surface area contributed by atoms with Crippen molar-refractivity contribution in [1.82, 2.24) is 9.88 Å². The number of pyridine rings is 1. The van der Waals surface area contributed by atoms with E-state index in [-0.39, 0.29) is 11.7 Å². The molecule has 0 fully saturated rings. The predicted molar refractivity (Wildman–Crippen MR) is 98.4 cm³/mol. The second kappa shape index (κ2) is 7.78. The van der Waals surface area contributed by atoms with Gasteiger partial charge in [0.15, 0.2) is 0 Å². The summed E-state index contributed by atoms with van der Waals surface area (Å²) in [4.78, 5) is 18.5. The minimum Gasteiger partial charge on any atom is -0.496 e. The number of hydrogen-bond acceptors (Lipinski definition) is 3. The van der Waals surface area contributed by atoms with Crippen LogP contribution < -0.4 is 4.74 Å². The number of ether oxygens (including phenoxy) is 1. The van der Waals surface area contributed by atoms with Crippen molar-refractivity contribution in [2.45, 2.75) is 6.54 Å². The third-order valence-electron chi connectivity index (χ3n) is 4.05. The molecule has 0 unspecified atom stereocenters. The first-order valence-corrected chi connectivity index (χ1v) is 8.18. The van der Waals surface area contributed by atoms with Crippen LogP contribution in [0.4, 0.5) is 4.39 Å². The predicted octanol–water partition coefficient (Wildman–Crippen LogP) is 4.17. The molecule has 3 rings (SSSR count). The first-order chi connectivity index (χ1) is 12.6. The van der Waals surface area contributed by atoms with Crippen molar-refractivity contribution >= 4 is 5.91 Å². The number of benzene rings is 2. The van der Waals surface area contributed by atoms with Crippen LogP contribution >= 0.6 is 0 Å². The van der Waals surface area contributed by atoms with Crippen LogP contribution in [0.1, 0.15) is 15.9 Å². The number of carbonyl (C=O) groups excluding carboxylic acids is 1. The fourth-order valence-electron chi connectivity index (χ4n) is 2.74. The Morgan fingerprint density at radius 2 is 1.92 bits per heavy atom. The molecule has 0 atom stereocenters. The van der Waals surface area contributed by atoms with Crippen LogP contribution in [-0.4, -0.2) is 29.9 Å². The van der Waals surface area contributed by atoms with Crippen LogP contribution in [0.2, 0.25) is 0 Å². The average Bonchev–Trinajstić information content (AvgIpc) is 2.67. The molecule has 1 heterocycles. The summed E-state index contributed by atoms with van der Waals surface area (Å²) in [7, 11) is 3.29. The van der Waals surface area contributed by atoms with Crippen LogP contribution in [0.5, 0.6) is 5.75 Å². The van der Waals surface area contributed by atoms with Gasteiger partial charge in [0.05, 0.1) is 18.4 Å². The van der Waals surface area contributed by atoms with Crippen molar-refractivity contribution in [3.05, 3.63) is 83.8 Å². The van der Waals surface area contributed by atoms with Gasteiger partial charge in [0.25, 0.3) is 5.91 Å². The van der Waals surface area contributed by atoms with Gasteiger partial charge in [-0.1, -0.05) is 24.3 Å². The van der Waals surface area contributed by atoms with Crippen LogP contribution in [0.3, 0.4) is 0 Å². The summed E-state index contributed by atoms with van der Waals surface area (Å²) in [6.07, 6.45) is 1.55. The molecule has 132 valence electrons. The second-order valence-electron chi connectivity index (χ2n) is 5.92. The number of para-hydroxylation sites is 1. The van der Waals surface area contributed by atoms with Crippen LogP contribution in [0.25, 0.3) is 11.3 Å². The Labute approximate surface area is 151 Å². The summed E-state index contributed by atoms with van der Waals surface area (Å²) >= 11 is 0. The number of carbonyl (C=O) groups is 1. The van der Waals surface area contributed by atoms with Crippen LogP contribution in [-0.2, 0) is 6.54 Å². The third-order valence-corrected chi connectivity index (χ3v) is 4.05. The summed E-state index contributed by atoms with van der Waals surface area (Å²) in [5, 5.41) is 0. The Hall–Kier alpha value is -3.21. The molecular weight excluding hydrogens is 331 g/mol. The highest BCUT2D eigenvalue weighted by atomic mass is 19.1. The van der Waals surface area contributed by atoms with Gasteiger partial charge in [-0.05, 0) is 42.0 Å². The molecule has 1 amide bonds. The van der Waals surface area contributed by atoms with Gasteiger partial charge in [-0.15, -0.1) is 0 Å². The molecule has 0 aliphatic rings. The lowest BCUT2D eigenvalue weighted by molar-refractivity contribution is 0.0784. The number of aromatic nitrogens is 1. The van der Waals surface area contributed by atoms with Gasteiger partial charge in [-0.25, -0.2) is 4.39 Å². The highest BCUT2D eigenvalue weighted by Gasteiger charge is 2.14. The molecule has 0 aliphatic carbocycles. The normalized spacial score (nSPS) is 10.4. The lowest BCUT2D eigenvalue weighted by Crippen LogP contribution is -2.26. The van der Waals surface area contributed by atoms with Crippen molar-refractivity contribution in [1.29, 1.82) is 0 Å². The Morgan fingerprint density at radius 1 is 1.12 bits per heavy atom. The molecule has 0 aliphatic heterocycles. The molecular formula is C21H19FN2O2. The van der Waals surface area contributed by atoms with E-state index in [4.69, 9.17) is 4.74 Å². The number of methoxy groups -OCH3 is 1. The minimum atomic E-state index is -0.314. The molecule has 5 heteroatoms. The van der Waals surface area contributed by atoms with Gasteiger partial charge in [0, 0.05) is 25.4 Å². The second-order valence-corrected chi connectivity index (χ2v) is 5.92. The zero-order chi connectivity index (χ0) is 18.5. The van der Waals surface area contributed by atoms with Crippen molar-refractivity contribution in [3.63, 3.8) is 0 Å². The maximum Gasteiger partial charge on any atom is 0.255 e. The van der Waals surface area contributed by atoms with Crippen molar-refractivity contribution in [2.75, 3.05) is 14.2 Å². The number of nitrogens with zero attached hydrogens (tertiary/aromatic N) is 2. The summed E-state index contributed by atoms with van der Waals surface area (Å²) in [6, 6.07) is 17.3. The number of hydrogen-bond donors (Lipinski definition) is 0. The van der Waals surface area contributed by atoms with E-state index in [1.54, 1.807) is 44.6 Å². The maximum absolute atomic E-state index is 13.3. The van der Waals surface area contributed by atoms with Gasteiger partial charge in [0.1, 0.15) is 11.6 Å². The van der Waals surface area contributed by atoms with E-state index in [0.29, 0.717) is 12.1 Å². The van der Waals surface area contributed by atoms with E-state index in [2.05, 4.69) is 4.98 Å². The Kier molecular flexibility index (Phi) is 5.27. The van der Waals surface area contributed by atoms with Crippen molar-refractivity contribution in [3.8, 4) is 17.0 Å². The third kappa shape index (κ3) is 3.88. The first kappa shape index (κ1) is 17.6. The topological polar surface area (TPSA) is 42.4 Å². The summed E-state index contributed by atoms with van der Waals surface area (Å²) in [5.74, 6) is 0.238. The molecule has 0 N–H and O–H groups in total. The molecule has 3 aromatic rings. The fraction of sp³-hybridized carbons (Fsp3) is 0.143. The van der Waals surface area contributed by atoms with Crippen molar-refractivity contribution in [2.24, 2.45) is 0 Å². The summed E-state index contributed by atoms with van der Waals surface area (Å²) < 4.78 is 18.6. The lowest BCUT2D eigenvalue weighted by atomic mass is 10.1. The van der Waals surface area contributed by atoms with Crippen LogP contribution in [0.15, 0.2) is 66.9 Å². The fourth-order valence-corrected chi connectivity index (χ4v) is 2.74. The SMILES string of the molecule is COc1ccccc1-c1ccc(C(=O)N(C)Cc2cccc(F)c2)cn1. The van der Waals surface area contributed by atoms with E-state index in [0.717, 1.165) is 22.6 Å². The van der Waals surface area contributed by atoms with Gasteiger partial charge in [-0.2, -0.15) is 0 Å². The lowest BCUT2D eigenvalue weighted by Gasteiger charge is -2.17. The van der Waals surface area contributed by atoms with E-state index in [1.807, 2.05) is 24.3 Å². The van der Waals surface area contributed by atoms with Crippen LogP contribution in [0, 0.1) is 5.82 Å². The van der Waals surface area contributed by atoms with Gasteiger partial charge >= 0.3 is 0 Å².